The maximum absolute atomic E-state index is 11.1. The lowest BCUT2D eigenvalue weighted by Gasteiger charge is -2.55. The highest BCUT2D eigenvalue weighted by Gasteiger charge is 2.53. The Labute approximate surface area is 155 Å². The fraction of sp³-hybridized carbons (Fsp3) is 0.684. The van der Waals surface area contributed by atoms with Gasteiger partial charge < -0.3 is 25.5 Å². The van der Waals surface area contributed by atoms with Crippen molar-refractivity contribution in [1.82, 2.24) is 10.6 Å². The molecule has 0 aromatic carbocycles. The van der Waals surface area contributed by atoms with Crippen molar-refractivity contribution in [3.8, 4) is 0 Å². The van der Waals surface area contributed by atoms with Crippen molar-refractivity contribution >= 4 is 11.9 Å². The minimum Gasteiger partial charge on any atom is -0.454 e. The summed E-state index contributed by atoms with van der Waals surface area (Å²) < 4.78 is 11.3. The maximum Gasteiger partial charge on any atom is 0.284 e. The molecule has 2 atom stereocenters. The molecule has 1 saturated carbocycles. The van der Waals surface area contributed by atoms with E-state index in [1.807, 2.05) is 13.8 Å². The van der Waals surface area contributed by atoms with Gasteiger partial charge in [0.25, 0.3) is 5.91 Å². The number of ether oxygens (including phenoxy) is 1. The number of aliphatic imine (C=N–C) groups is 1. The Morgan fingerprint density at radius 3 is 2.62 bits per heavy atom. The normalized spacial score (nSPS) is 21.9. The van der Waals surface area contributed by atoms with Crippen molar-refractivity contribution in [2.24, 2.45) is 16.1 Å². The largest absolute Gasteiger partial charge is 0.454 e. The van der Waals surface area contributed by atoms with E-state index < -0.39 is 5.91 Å². The third kappa shape index (κ3) is 4.20. The van der Waals surface area contributed by atoms with Crippen LogP contribution < -0.4 is 16.4 Å². The topological polar surface area (TPSA) is 102 Å². The minimum atomic E-state index is -0.572. The van der Waals surface area contributed by atoms with E-state index in [4.69, 9.17) is 14.9 Å². The van der Waals surface area contributed by atoms with E-state index in [-0.39, 0.29) is 11.2 Å². The molecule has 1 aromatic heterocycles. The summed E-state index contributed by atoms with van der Waals surface area (Å²) in [4.78, 5) is 15.7. The van der Waals surface area contributed by atoms with Crippen LogP contribution in [0.25, 0.3) is 0 Å². The number of nitrogens with one attached hydrogen (secondary N) is 2. The molecule has 7 heteroatoms. The molecular formula is C19H32N4O3. The molecule has 146 valence electrons. The van der Waals surface area contributed by atoms with Crippen molar-refractivity contribution < 1.29 is 13.9 Å². The molecule has 1 aliphatic carbocycles. The summed E-state index contributed by atoms with van der Waals surface area (Å²) in [5, 5.41) is 6.84. The summed E-state index contributed by atoms with van der Waals surface area (Å²) in [5.41, 5.74) is 5.35. The highest BCUT2D eigenvalue weighted by Crippen LogP contribution is 2.48. The second-order valence-electron chi connectivity index (χ2n) is 6.64. The van der Waals surface area contributed by atoms with E-state index in [2.05, 4.69) is 29.5 Å². The van der Waals surface area contributed by atoms with Gasteiger partial charge in [-0.1, -0.05) is 13.8 Å². The highest BCUT2D eigenvalue weighted by atomic mass is 16.5. The smallest absolute Gasteiger partial charge is 0.284 e. The molecule has 1 heterocycles. The lowest BCUT2D eigenvalue weighted by molar-refractivity contribution is -0.133. The van der Waals surface area contributed by atoms with Crippen molar-refractivity contribution in [2.75, 3.05) is 13.2 Å². The zero-order chi connectivity index (χ0) is 19.2. The fourth-order valence-electron chi connectivity index (χ4n) is 3.82. The molecule has 2 rings (SSSR count). The summed E-state index contributed by atoms with van der Waals surface area (Å²) >= 11 is 0. The number of carbonyl (C=O) groups is 1. The minimum absolute atomic E-state index is 0.135. The maximum atomic E-state index is 11.1. The standard InChI is InChI=1S/C19H32N4O3/c1-5-19(6-2)15(11-16(19)25-8-4)23-18(21-7-3)22-12-13-9-10-14(26-13)17(20)24/h9-10,15-16H,5-8,11-12H2,1-4H3,(H2,20,24)(H2,21,22,23). The van der Waals surface area contributed by atoms with Crippen molar-refractivity contribution in [3.63, 3.8) is 0 Å². The summed E-state index contributed by atoms with van der Waals surface area (Å²) in [6.45, 7) is 10.4. The van der Waals surface area contributed by atoms with Gasteiger partial charge in [0.1, 0.15) is 12.3 Å². The average Bonchev–Trinajstić information content (AvgIpc) is 3.09. The van der Waals surface area contributed by atoms with Gasteiger partial charge in [-0.15, -0.1) is 0 Å². The molecule has 0 spiro atoms. The van der Waals surface area contributed by atoms with Crippen LogP contribution in [0.2, 0.25) is 0 Å². The monoisotopic (exact) mass is 364 g/mol. The second-order valence-corrected chi connectivity index (χ2v) is 6.64. The lowest BCUT2D eigenvalue weighted by atomic mass is 9.58. The van der Waals surface area contributed by atoms with Crippen LogP contribution in [0.4, 0.5) is 0 Å². The molecule has 1 fully saturated rings. The Morgan fingerprint density at radius 1 is 1.35 bits per heavy atom. The van der Waals surface area contributed by atoms with Crippen LogP contribution in [0.15, 0.2) is 21.5 Å². The molecule has 0 saturated heterocycles. The van der Waals surface area contributed by atoms with Crippen molar-refractivity contribution in [1.29, 1.82) is 0 Å². The fourth-order valence-corrected chi connectivity index (χ4v) is 3.82. The number of amides is 1. The molecule has 7 nitrogen and oxygen atoms in total. The Morgan fingerprint density at radius 2 is 2.08 bits per heavy atom. The quantitative estimate of drug-likeness (QED) is 0.461. The number of guanidine groups is 1. The zero-order valence-electron chi connectivity index (χ0n) is 16.3. The van der Waals surface area contributed by atoms with Gasteiger partial charge in [0, 0.05) is 24.6 Å². The first-order valence-electron chi connectivity index (χ1n) is 9.55. The number of hydrogen-bond donors (Lipinski definition) is 3. The first kappa shape index (κ1) is 20.3. The van der Waals surface area contributed by atoms with Gasteiger partial charge in [0.15, 0.2) is 11.7 Å². The SMILES string of the molecule is CCNC(=NCc1ccc(C(N)=O)o1)NC1CC(OCC)C1(CC)CC. The van der Waals surface area contributed by atoms with Crippen LogP contribution in [0, 0.1) is 5.41 Å². The molecular weight excluding hydrogens is 332 g/mol. The van der Waals surface area contributed by atoms with Gasteiger partial charge in [-0.3, -0.25) is 4.79 Å². The summed E-state index contributed by atoms with van der Waals surface area (Å²) in [5.74, 6) is 0.935. The Kier molecular flexibility index (Phi) is 7.08. The predicted molar refractivity (Wildman–Crippen MR) is 102 cm³/mol. The highest BCUT2D eigenvalue weighted by molar-refractivity contribution is 5.89. The third-order valence-electron chi connectivity index (χ3n) is 5.42. The third-order valence-corrected chi connectivity index (χ3v) is 5.42. The molecule has 1 aliphatic rings. The Hall–Kier alpha value is -2.02. The molecule has 0 radical (unpaired) electrons. The van der Waals surface area contributed by atoms with E-state index in [9.17, 15) is 4.79 Å². The predicted octanol–water partition coefficient (Wildman–Crippen LogP) is 2.42. The molecule has 2 unspecified atom stereocenters. The zero-order valence-corrected chi connectivity index (χ0v) is 16.3. The van der Waals surface area contributed by atoms with Crippen molar-refractivity contribution in [3.05, 3.63) is 23.7 Å². The number of nitrogens with two attached hydrogens (primary N) is 1. The molecule has 26 heavy (non-hydrogen) atoms. The van der Waals surface area contributed by atoms with E-state index in [0.717, 1.165) is 38.4 Å². The van der Waals surface area contributed by atoms with Crippen LogP contribution in [0.5, 0.6) is 0 Å². The van der Waals surface area contributed by atoms with Crippen LogP contribution in [0.3, 0.4) is 0 Å². The van der Waals surface area contributed by atoms with Gasteiger partial charge in [-0.25, -0.2) is 4.99 Å². The van der Waals surface area contributed by atoms with Gasteiger partial charge in [0.2, 0.25) is 0 Å². The van der Waals surface area contributed by atoms with Crippen LogP contribution in [0.1, 0.15) is 63.3 Å². The molecule has 1 amide bonds. The van der Waals surface area contributed by atoms with Gasteiger partial charge in [-0.05, 0) is 45.2 Å². The van der Waals surface area contributed by atoms with E-state index in [0.29, 0.717) is 24.5 Å². The first-order valence-corrected chi connectivity index (χ1v) is 9.55. The van der Waals surface area contributed by atoms with Gasteiger partial charge >= 0.3 is 0 Å². The van der Waals surface area contributed by atoms with Crippen LogP contribution in [-0.2, 0) is 11.3 Å². The number of rotatable bonds is 9. The number of nitrogens with zero attached hydrogens (tertiary/aromatic N) is 1. The van der Waals surface area contributed by atoms with E-state index in [1.165, 1.54) is 0 Å². The van der Waals surface area contributed by atoms with Gasteiger partial charge in [0.05, 0.1) is 6.10 Å². The molecule has 1 aromatic rings. The molecule has 0 bridgehead atoms. The van der Waals surface area contributed by atoms with Crippen LogP contribution >= 0.6 is 0 Å². The Balaban J connectivity index is 2.05. The number of carbonyl (C=O) groups excluding carboxylic acids is 1. The Bertz CT molecular complexity index is 622. The second kappa shape index (κ2) is 9.07. The van der Waals surface area contributed by atoms with E-state index >= 15 is 0 Å². The number of primary amides is 1. The van der Waals surface area contributed by atoms with E-state index in [1.54, 1.807) is 12.1 Å². The summed E-state index contributed by atoms with van der Waals surface area (Å²) in [7, 11) is 0. The van der Waals surface area contributed by atoms with Gasteiger partial charge in [-0.2, -0.15) is 0 Å². The lowest BCUT2D eigenvalue weighted by Crippen LogP contribution is -2.65. The average molecular weight is 364 g/mol. The first-order chi connectivity index (χ1) is 12.5. The van der Waals surface area contributed by atoms with Crippen molar-refractivity contribution in [2.45, 2.75) is 65.6 Å². The summed E-state index contributed by atoms with van der Waals surface area (Å²) in [6.07, 6.45) is 3.40. The molecule has 4 N–H and O–H groups in total. The van der Waals surface area contributed by atoms with Crippen LogP contribution in [-0.4, -0.2) is 37.2 Å². The number of furan rings is 1. The number of hydrogen-bond acceptors (Lipinski definition) is 4. The summed E-state index contributed by atoms with van der Waals surface area (Å²) in [6, 6.07) is 3.62. The molecule has 0 aliphatic heterocycles.